The molecule has 1 N–H and O–H groups in total. The highest BCUT2D eigenvalue weighted by Gasteiger charge is 2.21. The molecular weight excluding hydrogens is 417 g/mol. The van der Waals surface area contributed by atoms with Crippen molar-refractivity contribution in [3.8, 4) is 0 Å². The zero-order valence-corrected chi connectivity index (χ0v) is 17.7. The average molecular weight is 440 g/mol. The van der Waals surface area contributed by atoms with Crippen molar-refractivity contribution in [2.24, 2.45) is 0 Å². The van der Waals surface area contributed by atoms with Crippen molar-refractivity contribution in [3.63, 3.8) is 0 Å². The molecule has 0 bridgehead atoms. The Hall–Kier alpha value is -2.10. The van der Waals surface area contributed by atoms with Crippen LogP contribution in [-0.2, 0) is 9.53 Å². The van der Waals surface area contributed by atoms with Crippen LogP contribution in [0.15, 0.2) is 35.5 Å². The zero-order valence-electron chi connectivity index (χ0n) is 16.1. The molecule has 0 unspecified atom stereocenters. The molecule has 10 heteroatoms. The summed E-state index contributed by atoms with van der Waals surface area (Å²) in [5.41, 5.74) is 0.614. The second-order valence-electron chi connectivity index (χ2n) is 6.39. The minimum Gasteiger partial charge on any atom is -0.383 e. The molecule has 1 aromatic heterocycles. The normalized spacial score (nSPS) is 14.2. The Morgan fingerprint density at radius 3 is 2.69 bits per heavy atom. The number of para-hydroxylation sites is 1. The Labute approximate surface area is 178 Å². The number of hydrogen-bond acceptors (Lipinski definition) is 7. The van der Waals surface area contributed by atoms with Crippen molar-refractivity contribution in [3.05, 3.63) is 41.3 Å². The van der Waals surface area contributed by atoms with Gasteiger partial charge in [-0.1, -0.05) is 35.5 Å². The van der Waals surface area contributed by atoms with Gasteiger partial charge < -0.3 is 19.9 Å². The van der Waals surface area contributed by atoms with Crippen LogP contribution in [0, 0.1) is 5.82 Å². The van der Waals surface area contributed by atoms with Crippen LogP contribution in [0.4, 0.5) is 15.9 Å². The van der Waals surface area contributed by atoms with Gasteiger partial charge in [0.2, 0.25) is 5.91 Å². The molecule has 1 aliphatic heterocycles. The van der Waals surface area contributed by atoms with E-state index in [1.54, 1.807) is 25.3 Å². The number of halogens is 2. The molecule has 0 spiro atoms. The van der Waals surface area contributed by atoms with Crippen molar-refractivity contribution in [2.45, 2.75) is 5.16 Å². The van der Waals surface area contributed by atoms with Crippen molar-refractivity contribution < 1.29 is 13.9 Å². The highest BCUT2D eigenvalue weighted by Crippen LogP contribution is 2.25. The second-order valence-corrected chi connectivity index (χ2v) is 7.72. The minimum absolute atomic E-state index is 0.115. The first kappa shape index (κ1) is 21.6. The third-order valence-corrected chi connectivity index (χ3v) is 5.46. The number of nitrogens with zero attached hydrogens (tertiary/aromatic N) is 4. The predicted octanol–water partition coefficient (Wildman–Crippen LogP) is 2.45. The third kappa shape index (κ3) is 6.19. The number of nitrogens with one attached hydrogen (secondary N) is 1. The lowest BCUT2D eigenvalue weighted by atomic mass is 10.2. The highest BCUT2D eigenvalue weighted by molar-refractivity contribution is 7.99. The molecule has 29 heavy (non-hydrogen) atoms. The van der Waals surface area contributed by atoms with Crippen LogP contribution in [0.1, 0.15) is 0 Å². The number of hydrogen-bond donors (Lipinski definition) is 1. The Balaban J connectivity index is 1.57. The smallest absolute Gasteiger partial charge is 0.230 e. The van der Waals surface area contributed by atoms with Gasteiger partial charge in [-0.3, -0.25) is 4.79 Å². The van der Waals surface area contributed by atoms with Gasteiger partial charge >= 0.3 is 0 Å². The fraction of sp³-hybridized carbons (Fsp3) is 0.421. The lowest BCUT2D eigenvalue weighted by molar-refractivity contribution is -0.118. The van der Waals surface area contributed by atoms with Crippen LogP contribution in [0.5, 0.6) is 0 Å². The number of anilines is 2. The van der Waals surface area contributed by atoms with Gasteiger partial charge in [-0.25, -0.2) is 14.4 Å². The van der Waals surface area contributed by atoms with Crippen molar-refractivity contribution >= 4 is 40.8 Å². The number of carbonyl (C=O) groups excluding carboxylic acids is 1. The fourth-order valence-corrected chi connectivity index (χ4v) is 3.88. The van der Waals surface area contributed by atoms with Crippen LogP contribution in [-0.4, -0.2) is 68.1 Å². The van der Waals surface area contributed by atoms with Gasteiger partial charge in [-0.15, -0.1) is 0 Å². The first-order valence-electron chi connectivity index (χ1n) is 9.24. The molecule has 2 heterocycles. The number of rotatable bonds is 8. The largest absolute Gasteiger partial charge is 0.383 e. The number of ether oxygens (including phenoxy) is 1. The summed E-state index contributed by atoms with van der Waals surface area (Å²) in [5, 5.41) is 3.53. The molecule has 2 aromatic rings. The van der Waals surface area contributed by atoms with E-state index in [9.17, 15) is 9.18 Å². The molecule has 156 valence electrons. The molecule has 1 amide bonds. The quantitative estimate of drug-likeness (QED) is 0.293. The SMILES string of the molecule is COCCNC(=O)CSc1nc(Cl)cc(N2CCN(c3ccccc3F)CC2)n1. The molecule has 1 fully saturated rings. The second kappa shape index (κ2) is 10.6. The van der Waals surface area contributed by atoms with E-state index >= 15 is 0 Å². The molecule has 1 aromatic carbocycles. The maximum atomic E-state index is 14.0. The van der Waals surface area contributed by atoms with E-state index in [4.69, 9.17) is 16.3 Å². The first-order chi connectivity index (χ1) is 14.1. The Morgan fingerprint density at radius 2 is 1.97 bits per heavy atom. The molecule has 7 nitrogen and oxygen atoms in total. The van der Waals surface area contributed by atoms with Crippen LogP contribution < -0.4 is 15.1 Å². The average Bonchev–Trinajstić information content (AvgIpc) is 2.73. The van der Waals surface area contributed by atoms with E-state index in [1.807, 2.05) is 11.0 Å². The lowest BCUT2D eigenvalue weighted by Gasteiger charge is -2.36. The van der Waals surface area contributed by atoms with Crippen molar-refractivity contribution in [2.75, 3.05) is 62.0 Å². The molecular formula is C19H23ClFN5O2S. The number of thioether (sulfide) groups is 1. The van der Waals surface area contributed by atoms with Crippen LogP contribution >= 0.6 is 23.4 Å². The van der Waals surface area contributed by atoms with E-state index in [0.717, 1.165) is 0 Å². The molecule has 0 aliphatic carbocycles. The van der Waals surface area contributed by atoms with E-state index in [1.165, 1.54) is 17.8 Å². The minimum atomic E-state index is -0.214. The predicted molar refractivity (Wildman–Crippen MR) is 113 cm³/mol. The Bertz CT molecular complexity index is 836. The van der Waals surface area contributed by atoms with Gasteiger partial charge in [-0.05, 0) is 12.1 Å². The summed E-state index contributed by atoms with van der Waals surface area (Å²) in [4.78, 5) is 24.7. The monoisotopic (exact) mass is 439 g/mol. The van der Waals surface area contributed by atoms with Gasteiger partial charge in [0.1, 0.15) is 16.8 Å². The maximum Gasteiger partial charge on any atom is 0.230 e. The number of aromatic nitrogens is 2. The summed E-state index contributed by atoms with van der Waals surface area (Å²) in [5.74, 6) is 0.578. The fourth-order valence-electron chi connectivity index (χ4n) is 2.97. The van der Waals surface area contributed by atoms with Crippen LogP contribution in [0.25, 0.3) is 0 Å². The number of methoxy groups -OCH3 is 1. The van der Waals surface area contributed by atoms with E-state index in [2.05, 4.69) is 20.2 Å². The summed E-state index contributed by atoms with van der Waals surface area (Å²) < 4.78 is 18.9. The van der Waals surface area contributed by atoms with Gasteiger partial charge in [0.05, 0.1) is 18.0 Å². The summed E-state index contributed by atoms with van der Waals surface area (Å²) >= 11 is 7.40. The lowest BCUT2D eigenvalue weighted by Crippen LogP contribution is -2.47. The molecule has 0 atom stereocenters. The summed E-state index contributed by atoms with van der Waals surface area (Å²) in [6.45, 7) is 3.64. The van der Waals surface area contributed by atoms with Gasteiger partial charge in [-0.2, -0.15) is 0 Å². The number of piperazine rings is 1. The maximum absolute atomic E-state index is 14.0. The molecule has 0 saturated carbocycles. The Morgan fingerprint density at radius 1 is 1.24 bits per heavy atom. The number of amides is 1. The van der Waals surface area contributed by atoms with Crippen LogP contribution in [0.2, 0.25) is 5.15 Å². The standard InChI is InChI=1S/C19H23ClFN5O2S/c1-28-11-6-22-18(27)13-29-19-23-16(20)12-17(24-19)26-9-7-25(8-10-26)15-5-3-2-4-14(15)21/h2-5,12H,6-11,13H2,1H3,(H,22,27). The van der Waals surface area contributed by atoms with Gasteiger partial charge in [0, 0.05) is 45.9 Å². The molecule has 1 aliphatic rings. The molecule has 3 rings (SSSR count). The van der Waals surface area contributed by atoms with E-state index in [-0.39, 0.29) is 17.5 Å². The van der Waals surface area contributed by atoms with Gasteiger partial charge in [0.25, 0.3) is 0 Å². The Kier molecular flexibility index (Phi) is 7.91. The molecule has 0 radical (unpaired) electrons. The third-order valence-electron chi connectivity index (χ3n) is 4.42. The van der Waals surface area contributed by atoms with E-state index in [0.29, 0.717) is 61.1 Å². The highest BCUT2D eigenvalue weighted by atomic mass is 35.5. The zero-order chi connectivity index (χ0) is 20.6. The molecule has 1 saturated heterocycles. The van der Waals surface area contributed by atoms with Gasteiger partial charge in [0.15, 0.2) is 5.16 Å². The topological polar surface area (TPSA) is 70.6 Å². The summed E-state index contributed by atoms with van der Waals surface area (Å²) in [7, 11) is 1.58. The van der Waals surface area contributed by atoms with E-state index < -0.39 is 0 Å². The van der Waals surface area contributed by atoms with Crippen molar-refractivity contribution in [1.82, 2.24) is 15.3 Å². The summed E-state index contributed by atoms with van der Waals surface area (Å²) in [6.07, 6.45) is 0. The first-order valence-corrected chi connectivity index (χ1v) is 10.6. The van der Waals surface area contributed by atoms with Crippen molar-refractivity contribution in [1.29, 1.82) is 0 Å². The van der Waals surface area contributed by atoms with Crippen LogP contribution in [0.3, 0.4) is 0 Å². The number of benzene rings is 1. The summed E-state index contributed by atoms with van der Waals surface area (Å²) in [6, 6.07) is 8.50. The number of carbonyl (C=O) groups is 1.